The summed E-state index contributed by atoms with van der Waals surface area (Å²) in [7, 11) is 0. The van der Waals surface area contributed by atoms with Crippen molar-refractivity contribution in [3.8, 4) is 0 Å². The number of amides is 1. The molecule has 146 valence electrons. The third-order valence-corrected chi connectivity index (χ3v) is 5.30. The Morgan fingerprint density at radius 2 is 2.11 bits per heavy atom. The Morgan fingerprint density at radius 3 is 2.79 bits per heavy atom. The lowest BCUT2D eigenvalue weighted by atomic mass is 10.1. The van der Waals surface area contributed by atoms with Gasteiger partial charge in [0.1, 0.15) is 23.2 Å². The SMILES string of the molecule is Cc1oc2nc(CCc3cc(Cl)ccc3F)nc(NC3(C)CC3)c2c1C(N)=O. The Kier molecular flexibility index (Phi) is 4.50. The lowest BCUT2D eigenvalue weighted by molar-refractivity contribution is 0.1000. The van der Waals surface area contributed by atoms with Crippen molar-refractivity contribution >= 4 is 34.4 Å². The van der Waals surface area contributed by atoms with Crippen LogP contribution in [0.1, 0.15) is 47.3 Å². The molecular weight excluding hydrogens is 383 g/mol. The first-order valence-electron chi connectivity index (χ1n) is 9.08. The predicted octanol–water partition coefficient (Wildman–Crippen LogP) is 4.17. The highest BCUT2D eigenvalue weighted by atomic mass is 35.5. The highest BCUT2D eigenvalue weighted by Gasteiger charge is 2.38. The number of furan rings is 1. The lowest BCUT2D eigenvalue weighted by Crippen LogP contribution is -2.19. The number of nitrogens with two attached hydrogens (primary N) is 1. The van der Waals surface area contributed by atoms with E-state index >= 15 is 0 Å². The summed E-state index contributed by atoms with van der Waals surface area (Å²) in [6.45, 7) is 3.75. The van der Waals surface area contributed by atoms with Crippen molar-refractivity contribution in [1.82, 2.24) is 9.97 Å². The van der Waals surface area contributed by atoms with E-state index in [1.165, 1.54) is 12.1 Å². The van der Waals surface area contributed by atoms with Crippen LogP contribution in [-0.4, -0.2) is 21.4 Å². The van der Waals surface area contributed by atoms with Gasteiger partial charge in [0.15, 0.2) is 0 Å². The van der Waals surface area contributed by atoms with Crippen molar-refractivity contribution in [2.75, 3.05) is 5.32 Å². The van der Waals surface area contributed by atoms with Gasteiger partial charge < -0.3 is 15.5 Å². The van der Waals surface area contributed by atoms with Gasteiger partial charge in [-0.2, -0.15) is 4.98 Å². The molecule has 0 saturated heterocycles. The average molecular weight is 403 g/mol. The molecule has 28 heavy (non-hydrogen) atoms. The van der Waals surface area contributed by atoms with E-state index in [1.54, 1.807) is 13.0 Å². The number of nitrogens with zero attached hydrogens (tertiary/aromatic N) is 2. The van der Waals surface area contributed by atoms with Crippen LogP contribution >= 0.6 is 11.6 Å². The number of hydrogen-bond donors (Lipinski definition) is 2. The number of fused-ring (bicyclic) bond motifs is 1. The van der Waals surface area contributed by atoms with Gasteiger partial charge in [-0.25, -0.2) is 9.37 Å². The standard InChI is InChI=1S/C20H20ClFN4O2/c1-10-15(17(23)27)16-18(26-20(2)7-8-20)24-14(25-19(16)28-10)6-3-11-9-12(21)4-5-13(11)22/h4-5,9H,3,6-8H2,1-2H3,(H2,23,27)(H,24,25,26). The normalized spacial score (nSPS) is 15.0. The number of hydrogen-bond acceptors (Lipinski definition) is 5. The van der Waals surface area contributed by atoms with Crippen LogP contribution in [0.15, 0.2) is 22.6 Å². The van der Waals surface area contributed by atoms with Gasteiger partial charge >= 0.3 is 0 Å². The second-order valence-electron chi connectivity index (χ2n) is 7.49. The molecule has 0 radical (unpaired) electrons. The molecule has 3 N–H and O–H groups in total. The maximum absolute atomic E-state index is 14.0. The molecule has 1 fully saturated rings. The molecule has 8 heteroatoms. The Hall–Kier alpha value is -2.67. The molecule has 1 aliphatic carbocycles. The summed E-state index contributed by atoms with van der Waals surface area (Å²) in [6, 6.07) is 4.46. The largest absolute Gasteiger partial charge is 0.442 e. The van der Waals surface area contributed by atoms with Crippen LogP contribution in [0.4, 0.5) is 10.2 Å². The van der Waals surface area contributed by atoms with Gasteiger partial charge in [0.25, 0.3) is 5.91 Å². The van der Waals surface area contributed by atoms with E-state index in [9.17, 15) is 9.18 Å². The minimum atomic E-state index is -0.586. The van der Waals surface area contributed by atoms with Crippen molar-refractivity contribution < 1.29 is 13.6 Å². The minimum absolute atomic E-state index is 0.0717. The maximum atomic E-state index is 14.0. The number of anilines is 1. The lowest BCUT2D eigenvalue weighted by Gasteiger charge is -2.14. The molecule has 0 bridgehead atoms. The summed E-state index contributed by atoms with van der Waals surface area (Å²) in [4.78, 5) is 21.0. The van der Waals surface area contributed by atoms with E-state index in [2.05, 4.69) is 22.2 Å². The number of primary amides is 1. The molecule has 0 unspecified atom stereocenters. The summed E-state index contributed by atoms with van der Waals surface area (Å²) in [5, 5.41) is 4.36. The summed E-state index contributed by atoms with van der Waals surface area (Å²) in [5.74, 6) is 0.510. The van der Waals surface area contributed by atoms with E-state index in [4.69, 9.17) is 21.8 Å². The second kappa shape index (κ2) is 6.74. The number of rotatable bonds is 6. The van der Waals surface area contributed by atoms with E-state index in [-0.39, 0.29) is 16.9 Å². The van der Waals surface area contributed by atoms with Crippen molar-refractivity contribution in [2.45, 2.75) is 45.1 Å². The Labute approximate surface area is 166 Å². The Balaban J connectivity index is 1.73. The van der Waals surface area contributed by atoms with Gasteiger partial charge in [0, 0.05) is 17.0 Å². The van der Waals surface area contributed by atoms with Gasteiger partial charge in [-0.05, 0) is 56.9 Å². The van der Waals surface area contributed by atoms with Crippen molar-refractivity contribution in [3.05, 3.63) is 51.8 Å². The summed E-state index contributed by atoms with van der Waals surface area (Å²) in [5.41, 5.74) is 6.55. The monoisotopic (exact) mass is 402 g/mol. The van der Waals surface area contributed by atoms with Crippen LogP contribution in [0.3, 0.4) is 0 Å². The van der Waals surface area contributed by atoms with Gasteiger partial charge in [-0.1, -0.05) is 11.6 Å². The summed E-state index contributed by atoms with van der Waals surface area (Å²) < 4.78 is 19.7. The molecular formula is C20H20ClFN4O2. The molecule has 1 aliphatic rings. The van der Waals surface area contributed by atoms with Gasteiger partial charge in [-0.15, -0.1) is 0 Å². The topological polar surface area (TPSA) is 94.0 Å². The number of aryl methyl sites for hydroxylation is 3. The maximum Gasteiger partial charge on any atom is 0.253 e. The smallest absolute Gasteiger partial charge is 0.253 e. The molecule has 3 aromatic rings. The Morgan fingerprint density at radius 1 is 1.36 bits per heavy atom. The Bertz CT molecular complexity index is 1090. The molecule has 0 spiro atoms. The number of nitrogens with one attached hydrogen (secondary N) is 1. The first-order chi connectivity index (χ1) is 13.3. The van der Waals surface area contributed by atoms with Crippen molar-refractivity contribution in [1.29, 1.82) is 0 Å². The van der Waals surface area contributed by atoms with E-state index in [0.717, 1.165) is 12.8 Å². The van der Waals surface area contributed by atoms with Gasteiger partial charge in [0.05, 0.1) is 10.9 Å². The molecule has 4 rings (SSSR count). The van der Waals surface area contributed by atoms with Crippen LogP contribution in [0.5, 0.6) is 0 Å². The fourth-order valence-corrected chi connectivity index (χ4v) is 3.43. The molecule has 0 atom stereocenters. The van der Waals surface area contributed by atoms with E-state index < -0.39 is 5.91 Å². The average Bonchev–Trinajstić information content (AvgIpc) is 3.23. The summed E-state index contributed by atoms with van der Waals surface area (Å²) in [6.07, 6.45) is 2.79. The molecule has 1 aromatic carbocycles. The van der Waals surface area contributed by atoms with Crippen LogP contribution in [-0.2, 0) is 12.8 Å². The predicted molar refractivity (Wildman–Crippen MR) is 105 cm³/mol. The van der Waals surface area contributed by atoms with Crippen LogP contribution in [0, 0.1) is 12.7 Å². The molecule has 1 amide bonds. The molecule has 0 aliphatic heterocycles. The number of benzene rings is 1. The highest BCUT2D eigenvalue weighted by molar-refractivity contribution is 6.30. The van der Waals surface area contributed by atoms with Gasteiger partial charge in [0.2, 0.25) is 5.71 Å². The number of aromatic nitrogens is 2. The third kappa shape index (κ3) is 3.54. The number of carbonyl (C=O) groups is 1. The van der Waals surface area contributed by atoms with Crippen LogP contribution in [0.2, 0.25) is 5.02 Å². The first kappa shape index (κ1) is 18.7. The first-order valence-corrected chi connectivity index (χ1v) is 9.45. The molecule has 1 saturated carbocycles. The summed E-state index contributed by atoms with van der Waals surface area (Å²) >= 11 is 5.96. The second-order valence-corrected chi connectivity index (χ2v) is 7.92. The van der Waals surface area contributed by atoms with E-state index in [1.807, 2.05) is 0 Å². The highest BCUT2D eigenvalue weighted by Crippen LogP contribution is 2.40. The number of halogens is 2. The molecule has 2 aromatic heterocycles. The number of carbonyl (C=O) groups excluding carboxylic acids is 1. The van der Waals surface area contributed by atoms with E-state index in [0.29, 0.717) is 51.9 Å². The fraction of sp³-hybridized carbons (Fsp3) is 0.350. The van der Waals surface area contributed by atoms with Gasteiger partial charge in [-0.3, -0.25) is 4.79 Å². The zero-order valence-corrected chi connectivity index (χ0v) is 16.4. The zero-order chi connectivity index (χ0) is 20.1. The van der Waals surface area contributed by atoms with Crippen molar-refractivity contribution in [2.24, 2.45) is 5.73 Å². The van der Waals surface area contributed by atoms with Crippen molar-refractivity contribution in [3.63, 3.8) is 0 Å². The molecule has 2 heterocycles. The minimum Gasteiger partial charge on any atom is -0.442 e. The fourth-order valence-electron chi connectivity index (χ4n) is 3.23. The van der Waals surface area contributed by atoms with Crippen LogP contribution in [0.25, 0.3) is 11.1 Å². The molecule has 6 nitrogen and oxygen atoms in total. The zero-order valence-electron chi connectivity index (χ0n) is 15.6. The van der Waals surface area contributed by atoms with Crippen LogP contribution < -0.4 is 11.1 Å². The third-order valence-electron chi connectivity index (χ3n) is 5.07. The quantitative estimate of drug-likeness (QED) is 0.645.